The number of carbonyl (C=O) groups is 1. The van der Waals surface area contributed by atoms with Crippen LogP contribution < -0.4 is 5.32 Å². The van der Waals surface area contributed by atoms with Crippen LogP contribution in [-0.2, 0) is 4.79 Å². The third-order valence-corrected chi connectivity index (χ3v) is 10.8. The zero-order valence-corrected chi connectivity index (χ0v) is 21.8. The summed E-state index contributed by atoms with van der Waals surface area (Å²) in [4.78, 5) is 17.9. The quantitative estimate of drug-likeness (QED) is 0.504. The third-order valence-electron chi connectivity index (χ3n) is 10.8. The number of rotatable bonds is 4. The van der Waals surface area contributed by atoms with Gasteiger partial charge in [0.25, 0.3) is 0 Å². The van der Waals surface area contributed by atoms with Crippen LogP contribution in [0.4, 0.5) is 5.69 Å². The van der Waals surface area contributed by atoms with E-state index in [1.165, 1.54) is 32.1 Å². The van der Waals surface area contributed by atoms with E-state index in [2.05, 4.69) is 41.2 Å². The molecule has 2 aromatic rings. The van der Waals surface area contributed by atoms with Gasteiger partial charge in [0.2, 0.25) is 0 Å². The van der Waals surface area contributed by atoms with Gasteiger partial charge in [0, 0.05) is 23.2 Å². The van der Waals surface area contributed by atoms with Gasteiger partial charge in [0.1, 0.15) is 5.60 Å². The molecule has 1 heterocycles. The standard InChI is InChI=1S/C32H40N2O2/c1-3-14-32(36)16-13-24-22(19-32)6-8-26-25(24)12-15-31(2)27(26)9-10-28(31)30(35)20-34-23-7-11-29-21(18-23)5-4-17-33-29/h4-5,7,11,17-18,22,24-28,34,36H,6,8-10,12-13,15-16,19-20H2,1-2H3/t22-,24+,25?,26?,27?,28-,31+,32-/m1/s1. The fourth-order valence-electron chi connectivity index (χ4n) is 9.25. The zero-order chi connectivity index (χ0) is 24.9. The molecule has 2 N–H and O–H groups in total. The first kappa shape index (κ1) is 24.0. The van der Waals surface area contributed by atoms with Crippen molar-refractivity contribution in [2.75, 3.05) is 11.9 Å². The highest BCUT2D eigenvalue weighted by molar-refractivity contribution is 5.87. The van der Waals surface area contributed by atoms with E-state index >= 15 is 0 Å². The summed E-state index contributed by atoms with van der Waals surface area (Å²) in [5.74, 6) is 10.2. The van der Waals surface area contributed by atoms with E-state index in [4.69, 9.17) is 0 Å². The Hall–Kier alpha value is -2.38. The molecule has 4 heteroatoms. The maximum absolute atomic E-state index is 13.5. The molecular formula is C32H40N2O2. The number of hydrogen-bond donors (Lipinski definition) is 2. The highest BCUT2D eigenvalue weighted by Crippen LogP contribution is 2.64. The number of hydrogen-bond acceptors (Lipinski definition) is 4. The number of carbonyl (C=O) groups excluding carboxylic acids is 1. The minimum absolute atomic E-state index is 0.142. The van der Waals surface area contributed by atoms with Gasteiger partial charge in [-0.25, -0.2) is 0 Å². The van der Waals surface area contributed by atoms with E-state index in [9.17, 15) is 9.90 Å². The lowest BCUT2D eigenvalue weighted by molar-refractivity contribution is -0.129. The van der Waals surface area contributed by atoms with Gasteiger partial charge in [0.05, 0.1) is 12.1 Å². The van der Waals surface area contributed by atoms with Crippen LogP contribution >= 0.6 is 0 Å². The third kappa shape index (κ3) is 4.04. The summed E-state index contributed by atoms with van der Waals surface area (Å²) in [6.07, 6.45) is 11.8. The maximum atomic E-state index is 13.5. The van der Waals surface area contributed by atoms with E-state index in [0.717, 1.165) is 60.0 Å². The summed E-state index contributed by atoms with van der Waals surface area (Å²) in [6.45, 7) is 4.69. The first-order chi connectivity index (χ1) is 17.4. The van der Waals surface area contributed by atoms with Crippen LogP contribution in [0.5, 0.6) is 0 Å². The van der Waals surface area contributed by atoms with Gasteiger partial charge in [-0.2, -0.15) is 0 Å². The minimum Gasteiger partial charge on any atom is -0.378 e. The average Bonchev–Trinajstić information content (AvgIpc) is 3.24. The molecule has 0 spiro atoms. The minimum atomic E-state index is -0.759. The lowest BCUT2D eigenvalue weighted by Gasteiger charge is -2.56. The summed E-state index contributed by atoms with van der Waals surface area (Å²) in [6, 6.07) is 10.2. The highest BCUT2D eigenvalue weighted by atomic mass is 16.3. The van der Waals surface area contributed by atoms with E-state index in [1.54, 1.807) is 0 Å². The Morgan fingerprint density at radius 2 is 1.94 bits per heavy atom. The molecule has 0 bridgehead atoms. The Bertz CT molecular complexity index is 1210. The van der Waals surface area contributed by atoms with Crippen molar-refractivity contribution in [3.8, 4) is 11.8 Å². The molecule has 0 radical (unpaired) electrons. The molecule has 4 saturated carbocycles. The van der Waals surface area contributed by atoms with Gasteiger partial charge in [-0.15, -0.1) is 5.92 Å². The van der Waals surface area contributed by atoms with Crippen LogP contribution in [-0.4, -0.2) is 28.0 Å². The Balaban J connectivity index is 1.12. The second-order valence-electron chi connectivity index (χ2n) is 12.5. The molecule has 4 fully saturated rings. The van der Waals surface area contributed by atoms with Gasteiger partial charge in [-0.1, -0.05) is 18.9 Å². The van der Waals surface area contributed by atoms with Crippen LogP contribution in [0.2, 0.25) is 0 Å². The summed E-state index contributed by atoms with van der Waals surface area (Å²) >= 11 is 0. The monoisotopic (exact) mass is 484 g/mol. The second-order valence-corrected chi connectivity index (χ2v) is 12.5. The second kappa shape index (κ2) is 9.18. The number of anilines is 1. The molecule has 4 aliphatic carbocycles. The molecule has 8 atom stereocenters. The maximum Gasteiger partial charge on any atom is 0.155 e. The summed E-state index contributed by atoms with van der Waals surface area (Å²) in [5.41, 5.74) is 1.36. The first-order valence-corrected chi connectivity index (χ1v) is 14.2. The Morgan fingerprint density at radius 1 is 1.08 bits per heavy atom. The normalized spacial score (nSPS) is 39.3. The predicted octanol–water partition coefficient (Wildman–Crippen LogP) is 6.24. The van der Waals surface area contributed by atoms with Gasteiger partial charge in [0.15, 0.2) is 5.78 Å². The number of pyridine rings is 1. The molecule has 4 aliphatic rings. The smallest absolute Gasteiger partial charge is 0.155 e. The fourth-order valence-corrected chi connectivity index (χ4v) is 9.25. The van der Waals surface area contributed by atoms with Crippen LogP contribution in [0.3, 0.4) is 0 Å². The molecule has 4 nitrogen and oxygen atoms in total. The lowest BCUT2D eigenvalue weighted by Crippen LogP contribution is -2.51. The van der Waals surface area contributed by atoms with E-state index in [0.29, 0.717) is 24.2 Å². The number of Topliss-reactive ketones (excluding diaryl/α,β-unsaturated/α-hetero) is 1. The number of aliphatic hydroxyl groups is 1. The molecular weight excluding hydrogens is 444 g/mol. The van der Waals surface area contributed by atoms with E-state index < -0.39 is 5.60 Å². The molecule has 1 aromatic heterocycles. The number of nitrogens with one attached hydrogen (secondary N) is 1. The summed E-state index contributed by atoms with van der Waals surface area (Å²) in [7, 11) is 0. The molecule has 190 valence electrons. The van der Waals surface area contributed by atoms with E-state index in [1.807, 2.05) is 31.3 Å². The Labute approximate surface area is 215 Å². The predicted molar refractivity (Wildman–Crippen MR) is 144 cm³/mol. The topological polar surface area (TPSA) is 62.2 Å². The fraction of sp³-hybridized carbons (Fsp3) is 0.625. The SMILES string of the molecule is CC#C[C@@]1(O)CC[C@@H]2C3CC[C@@]4(C)C(CC[C@@H]4C(=O)CNc4ccc5ncccc5c4)C3CC[C@@H]2C1. The Kier molecular flexibility index (Phi) is 6.11. The molecule has 0 amide bonds. The average molecular weight is 485 g/mol. The van der Waals surface area contributed by atoms with Crippen LogP contribution in [0.15, 0.2) is 36.5 Å². The molecule has 0 aliphatic heterocycles. The van der Waals surface area contributed by atoms with E-state index in [-0.39, 0.29) is 11.3 Å². The van der Waals surface area contributed by atoms with Crippen molar-refractivity contribution in [1.82, 2.24) is 4.98 Å². The number of aromatic nitrogens is 1. The Morgan fingerprint density at radius 3 is 2.81 bits per heavy atom. The highest BCUT2D eigenvalue weighted by Gasteiger charge is 2.58. The molecule has 36 heavy (non-hydrogen) atoms. The lowest BCUT2D eigenvalue weighted by atomic mass is 9.49. The van der Waals surface area contributed by atoms with Crippen LogP contribution in [0.25, 0.3) is 10.9 Å². The van der Waals surface area contributed by atoms with Gasteiger partial charge in [-0.05, 0) is 124 Å². The van der Waals surface area contributed by atoms with Crippen molar-refractivity contribution in [3.63, 3.8) is 0 Å². The first-order valence-electron chi connectivity index (χ1n) is 14.2. The molecule has 1 aromatic carbocycles. The van der Waals surface area contributed by atoms with Crippen molar-refractivity contribution < 1.29 is 9.90 Å². The summed E-state index contributed by atoms with van der Waals surface area (Å²) in [5, 5.41) is 15.5. The number of benzene rings is 1. The van der Waals surface area contributed by atoms with Crippen molar-refractivity contribution in [1.29, 1.82) is 0 Å². The largest absolute Gasteiger partial charge is 0.378 e. The van der Waals surface area contributed by atoms with Crippen molar-refractivity contribution in [2.45, 2.75) is 77.2 Å². The number of ketones is 1. The number of fused-ring (bicyclic) bond motifs is 6. The summed E-state index contributed by atoms with van der Waals surface area (Å²) < 4.78 is 0. The van der Waals surface area contributed by atoms with Gasteiger partial charge in [-0.3, -0.25) is 9.78 Å². The van der Waals surface area contributed by atoms with Crippen LogP contribution in [0, 0.1) is 52.8 Å². The molecule has 6 rings (SSSR count). The van der Waals surface area contributed by atoms with Crippen molar-refractivity contribution in [2.24, 2.45) is 40.9 Å². The molecule has 0 saturated heterocycles. The number of nitrogens with zero attached hydrogens (tertiary/aromatic N) is 1. The van der Waals surface area contributed by atoms with Crippen LogP contribution in [0.1, 0.15) is 71.6 Å². The molecule has 3 unspecified atom stereocenters. The van der Waals surface area contributed by atoms with Crippen molar-refractivity contribution >= 4 is 22.4 Å². The van der Waals surface area contributed by atoms with Gasteiger partial charge < -0.3 is 10.4 Å². The zero-order valence-electron chi connectivity index (χ0n) is 21.8. The van der Waals surface area contributed by atoms with Gasteiger partial charge >= 0.3 is 0 Å². The van der Waals surface area contributed by atoms with Crippen molar-refractivity contribution in [3.05, 3.63) is 36.5 Å².